The zero-order valence-electron chi connectivity index (χ0n) is 12.3. The third-order valence-corrected chi connectivity index (χ3v) is 4.63. The summed E-state index contributed by atoms with van der Waals surface area (Å²) in [7, 11) is 0. The van der Waals surface area contributed by atoms with Crippen molar-refractivity contribution in [3.63, 3.8) is 0 Å². The van der Waals surface area contributed by atoms with Crippen LogP contribution in [0.2, 0.25) is 5.02 Å². The van der Waals surface area contributed by atoms with Gasteiger partial charge in [-0.15, -0.1) is 0 Å². The van der Waals surface area contributed by atoms with Crippen LogP contribution in [0.4, 0.5) is 0 Å². The summed E-state index contributed by atoms with van der Waals surface area (Å²) in [5.41, 5.74) is 4.72. The van der Waals surface area contributed by atoms with Crippen molar-refractivity contribution < 1.29 is 0 Å². The van der Waals surface area contributed by atoms with Gasteiger partial charge in [0.05, 0.1) is 12.1 Å². The van der Waals surface area contributed by atoms with Crippen LogP contribution in [0.15, 0.2) is 58.0 Å². The van der Waals surface area contributed by atoms with Crippen molar-refractivity contribution >= 4 is 33.5 Å². The maximum Gasteiger partial charge on any atom is 0.224 e. The summed E-state index contributed by atoms with van der Waals surface area (Å²) in [6.07, 6.45) is 0.735. The Morgan fingerprint density at radius 3 is 2.61 bits per heavy atom. The molecule has 0 spiro atoms. The van der Waals surface area contributed by atoms with Crippen molar-refractivity contribution in [2.24, 2.45) is 16.7 Å². The number of guanidine groups is 1. The fraction of sp³-hybridized carbons (Fsp3) is 0.188. The van der Waals surface area contributed by atoms with Crippen molar-refractivity contribution in [1.82, 2.24) is 10.4 Å². The van der Waals surface area contributed by atoms with E-state index in [-0.39, 0.29) is 12.1 Å². The van der Waals surface area contributed by atoms with Crippen molar-refractivity contribution in [2.45, 2.75) is 18.5 Å². The SMILES string of the molecule is NNC1=NC(c2cccc(Br)c2)CC(c2cccc(Cl)c2)N1N. The van der Waals surface area contributed by atoms with Gasteiger partial charge in [0, 0.05) is 15.9 Å². The predicted octanol–water partition coefficient (Wildman–Crippen LogP) is 3.28. The smallest absolute Gasteiger partial charge is 0.224 e. The van der Waals surface area contributed by atoms with Crippen LogP contribution in [0.1, 0.15) is 29.6 Å². The Bertz CT molecular complexity index is 736. The molecule has 1 aliphatic heterocycles. The van der Waals surface area contributed by atoms with Gasteiger partial charge in [-0.2, -0.15) is 0 Å². The first-order chi connectivity index (χ1) is 11.1. The van der Waals surface area contributed by atoms with Crippen molar-refractivity contribution in [3.8, 4) is 0 Å². The van der Waals surface area contributed by atoms with Crippen LogP contribution in [-0.2, 0) is 0 Å². The molecule has 2 unspecified atom stereocenters. The third-order valence-electron chi connectivity index (χ3n) is 3.90. The molecule has 0 saturated heterocycles. The van der Waals surface area contributed by atoms with E-state index in [1.54, 1.807) is 5.01 Å². The molecule has 0 fully saturated rings. The molecule has 2 aromatic rings. The number of benzene rings is 2. The number of aliphatic imine (C=N–C) groups is 1. The van der Waals surface area contributed by atoms with Gasteiger partial charge in [-0.1, -0.05) is 51.8 Å². The van der Waals surface area contributed by atoms with Gasteiger partial charge in [-0.3, -0.25) is 10.4 Å². The fourth-order valence-electron chi connectivity index (χ4n) is 2.79. The number of hydrazine groups is 2. The first-order valence-electron chi connectivity index (χ1n) is 7.18. The molecular weight excluding hydrogens is 378 g/mol. The molecule has 5 nitrogen and oxygen atoms in total. The molecular formula is C16H17BrClN5. The van der Waals surface area contributed by atoms with Crippen LogP contribution < -0.4 is 17.1 Å². The Hall–Kier alpha value is -1.60. The average Bonchev–Trinajstić information content (AvgIpc) is 2.55. The molecule has 0 amide bonds. The third kappa shape index (κ3) is 3.50. The van der Waals surface area contributed by atoms with E-state index >= 15 is 0 Å². The van der Waals surface area contributed by atoms with E-state index in [0.29, 0.717) is 11.0 Å². The second-order valence-electron chi connectivity index (χ2n) is 5.38. The molecule has 0 radical (unpaired) electrons. The van der Waals surface area contributed by atoms with E-state index in [1.807, 2.05) is 42.5 Å². The fourth-order valence-corrected chi connectivity index (χ4v) is 3.40. The molecule has 1 aliphatic rings. The Morgan fingerprint density at radius 1 is 1.17 bits per heavy atom. The number of rotatable bonds is 2. The zero-order chi connectivity index (χ0) is 16.4. The number of nitrogens with zero attached hydrogens (tertiary/aromatic N) is 2. The van der Waals surface area contributed by atoms with Crippen LogP contribution in [0.5, 0.6) is 0 Å². The largest absolute Gasteiger partial charge is 0.293 e. The second-order valence-corrected chi connectivity index (χ2v) is 6.73. The minimum absolute atomic E-state index is 0.0395. The standard InChI is InChI=1S/C16H17BrClN5/c17-12-5-1-3-10(7-12)14-9-15(23(20)16(21-14)22-19)11-4-2-6-13(18)8-11/h1-8,14-15H,9,19-20H2,(H,21,22). The monoisotopic (exact) mass is 393 g/mol. The lowest BCUT2D eigenvalue weighted by Gasteiger charge is -2.36. The van der Waals surface area contributed by atoms with Crippen LogP contribution >= 0.6 is 27.5 Å². The lowest BCUT2D eigenvalue weighted by molar-refractivity contribution is 0.260. The highest BCUT2D eigenvalue weighted by Crippen LogP contribution is 2.37. The number of hydrogen-bond acceptors (Lipinski definition) is 5. The van der Waals surface area contributed by atoms with Crippen molar-refractivity contribution in [3.05, 3.63) is 69.2 Å². The average molecular weight is 395 g/mol. The number of nitrogens with two attached hydrogens (primary N) is 2. The van der Waals surface area contributed by atoms with Gasteiger partial charge in [0.15, 0.2) is 0 Å². The van der Waals surface area contributed by atoms with Crippen LogP contribution in [0.3, 0.4) is 0 Å². The van der Waals surface area contributed by atoms with E-state index in [0.717, 1.165) is 22.0 Å². The first kappa shape index (κ1) is 16.3. The van der Waals surface area contributed by atoms with Gasteiger partial charge in [-0.25, -0.2) is 16.7 Å². The van der Waals surface area contributed by atoms with E-state index in [2.05, 4.69) is 32.4 Å². The summed E-state index contributed by atoms with van der Waals surface area (Å²) < 4.78 is 1.02. The Kier molecular flexibility index (Phi) is 4.87. The minimum atomic E-state index is -0.0683. The molecule has 3 rings (SSSR count). The maximum atomic E-state index is 6.19. The van der Waals surface area contributed by atoms with Crippen LogP contribution in [0.25, 0.3) is 0 Å². The molecule has 2 atom stereocenters. The Labute approximate surface area is 148 Å². The summed E-state index contributed by atoms with van der Waals surface area (Å²) in [4.78, 5) is 4.62. The molecule has 0 aliphatic carbocycles. The van der Waals surface area contributed by atoms with Crippen LogP contribution in [0, 0.1) is 0 Å². The highest BCUT2D eigenvalue weighted by molar-refractivity contribution is 9.10. The van der Waals surface area contributed by atoms with E-state index in [9.17, 15) is 0 Å². The van der Waals surface area contributed by atoms with E-state index < -0.39 is 0 Å². The first-order valence-corrected chi connectivity index (χ1v) is 8.35. The predicted molar refractivity (Wildman–Crippen MR) is 96.5 cm³/mol. The Morgan fingerprint density at radius 2 is 1.91 bits per heavy atom. The Balaban J connectivity index is 1.98. The molecule has 0 saturated carbocycles. The summed E-state index contributed by atoms with van der Waals surface area (Å²) in [6, 6.07) is 15.7. The molecule has 7 heteroatoms. The highest BCUT2D eigenvalue weighted by Gasteiger charge is 2.30. The van der Waals surface area contributed by atoms with E-state index in [1.165, 1.54) is 0 Å². The summed E-state index contributed by atoms with van der Waals surface area (Å²) in [5, 5.41) is 2.24. The summed E-state index contributed by atoms with van der Waals surface area (Å²) in [6.45, 7) is 0. The van der Waals surface area contributed by atoms with Gasteiger partial charge < -0.3 is 0 Å². The minimum Gasteiger partial charge on any atom is -0.293 e. The molecule has 0 bridgehead atoms. The molecule has 120 valence electrons. The quantitative estimate of drug-likeness (QED) is 0.539. The van der Waals surface area contributed by atoms with Gasteiger partial charge in [0.2, 0.25) is 5.96 Å². The molecule has 0 aromatic heterocycles. The molecule has 23 heavy (non-hydrogen) atoms. The van der Waals surface area contributed by atoms with Crippen molar-refractivity contribution in [1.29, 1.82) is 0 Å². The molecule has 2 aromatic carbocycles. The lowest BCUT2D eigenvalue weighted by atomic mass is 9.93. The molecule has 5 N–H and O–H groups in total. The maximum absolute atomic E-state index is 6.19. The number of nitrogens with one attached hydrogen (secondary N) is 1. The van der Waals surface area contributed by atoms with Gasteiger partial charge in [0.1, 0.15) is 0 Å². The van der Waals surface area contributed by atoms with E-state index in [4.69, 9.17) is 23.3 Å². The lowest BCUT2D eigenvalue weighted by Crippen LogP contribution is -2.52. The topological polar surface area (TPSA) is 79.7 Å². The second kappa shape index (κ2) is 6.88. The number of halogens is 2. The number of hydrogen-bond donors (Lipinski definition) is 3. The highest BCUT2D eigenvalue weighted by atomic mass is 79.9. The van der Waals surface area contributed by atoms with Crippen molar-refractivity contribution in [2.75, 3.05) is 0 Å². The summed E-state index contributed by atoms with van der Waals surface area (Å²) >= 11 is 9.62. The zero-order valence-corrected chi connectivity index (χ0v) is 14.6. The van der Waals surface area contributed by atoms with Gasteiger partial charge in [-0.05, 0) is 35.4 Å². The van der Waals surface area contributed by atoms with Gasteiger partial charge in [0.25, 0.3) is 0 Å². The molecule has 1 heterocycles. The normalized spacial score (nSPS) is 21.0. The van der Waals surface area contributed by atoms with Gasteiger partial charge >= 0.3 is 0 Å². The van der Waals surface area contributed by atoms with Crippen LogP contribution in [-0.4, -0.2) is 11.0 Å². The summed E-state index contributed by atoms with van der Waals surface area (Å²) in [5.74, 6) is 12.2.